The summed E-state index contributed by atoms with van der Waals surface area (Å²) in [4.78, 5) is 31.7. The first kappa shape index (κ1) is 19.8. The highest BCUT2D eigenvalue weighted by molar-refractivity contribution is 8.00. The Morgan fingerprint density at radius 1 is 1.24 bits per heavy atom. The maximum absolute atomic E-state index is 13.8. The fraction of sp³-hybridized carbons (Fsp3) is 0.150. The number of thioether (sulfide) groups is 1. The summed E-state index contributed by atoms with van der Waals surface area (Å²) in [7, 11) is 1.65. The average Bonchev–Trinajstić information content (AvgIpc) is 3.37. The van der Waals surface area contributed by atoms with Crippen molar-refractivity contribution in [2.75, 3.05) is 5.32 Å². The monoisotopic (exact) mass is 445 g/mol. The number of nitrogens with one attached hydrogen (secondary N) is 1. The van der Waals surface area contributed by atoms with Crippen LogP contribution in [0.25, 0.3) is 20.7 Å². The maximum atomic E-state index is 13.8. The normalized spacial score (nSPS) is 12.2. The van der Waals surface area contributed by atoms with E-state index in [1.54, 1.807) is 37.4 Å². The SMILES string of the molecule is CC(Sc1nc2scc(-c3cccs3)c2c(=O)n1C)C(=O)Nc1ccccc1F. The first-order valence-corrected chi connectivity index (χ1v) is 11.3. The molecule has 0 aliphatic heterocycles. The molecule has 3 aromatic heterocycles. The van der Waals surface area contributed by atoms with Gasteiger partial charge in [0, 0.05) is 22.9 Å². The third-order valence-corrected chi connectivity index (χ3v) is 7.26. The Hall–Kier alpha value is -2.49. The van der Waals surface area contributed by atoms with E-state index >= 15 is 0 Å². The number of hydrogen-bond donors (Lipinski definition) is 1. The molecule has 0 fully saturated rings. The Bertz CT molecular complexity index is 1250. The van der Waals surface area contributed by atoms with Crippen LogP contribution in [0.15, 0.2) is 57.1 Å². The molecule has 0 bridgehead atoms. The van der Waals surface area contributed by atoms with Crippen LogP contribution in [0.2, 0.25) is 0 Å². The fourth-order valence-corrected chi connectivity index (χ4v) is 5.46. The van der Waals surface area contributed by atoms with E-state index in [9.17, 15) is 14.0 Å². The van der Waals surface area contributed by atoms with Gasteiger partial charge < -0.3 is 5.32 Å². The lowest BCUT2D eigenvalue weighted by Crippen LogP contribution is -2.25. The van der Waals surface area contributed by atoms with Gasteiger partial charge in [-0.15, -0.1) is 22.7 Å². The first-order valence-electron chi connectivity index (χ1n) is 8.70. The summed E-state index contributed by atoms with van der Waals surface area (Å²) in [5, 5.41) is 6.95. The molecule has 1 N–H and O–H groups in total. The molecule has 1 amide bonds. The predicted molar refractivity (Wildman–Crippen MR) is 119 cm³/mol. The zero-order chi connectivity index (χ0) is 20.5. The summed E-state index contributed by atoms with van der Waals surface area (Å²) in [6.07, 6.45) is 0. The molecule has 3 heterocycles. The quantitative estimate of drug-likeness (QED) is 0.348. The number of nitrogens with zero attached hydrogens (tertiary/aromatic N) is 2. The van der Waals surface area contributed by atoms with Crippen molar-refractivity contribution in [3.8, 4) is 10.4 Å². The third kappa shape index (κ3) is 3.85. The number of carbonyl (C=O) groups is 1. The van der Waals surface area contributed by atoms with Crippen LogP contribution in [0.4, 0.5) is 10.1 Å². The molecule has 9 heteroatoms. The summed E-state index contributed by atoms with van der Waals surface area (Å²) in [5.41, 5.74) is 0.861. The van der Waals surface area contributed by atoms with Crippen molar-refractivity contribution in [1.29, 1.82) is 0 Å². The minimum atomic E-state index is -0.568. The topological polar surface area (TPSA) is 64.0 Å². The molecular formula is C20H16FN3O2S3. The number of fused-ring (bicyclic) bond motifs is 1. The molecule has 1 atom stereocenters. The summed E-state index contributed by atoms with van der Waals surface area (Å²) < 4.78 is 15.2. The Morgan fingerprint density at radius 3 is 2.76 bits per heavy atom. The van der Waals surface area contributed by atoms with Gasteiger partial charge in [0.1, 0.15) is 10.6 Å². The predicted octanol–water partition coefficient (Wildman–Crippen LogP) is 4.98. The Kier molecular flexibility index (Phi) is 5.53. The number of amides is 1. The second kappa shape index (κ2) is 8.10. The molecule has 1 aromatic carbocycles. The van der Waals surface area contributed by atoms with E-state index in [0.717, 1.165) is 10.4 Å². The highest BCUT2D eigenvalue weighted by Crippen LogP contribution is 2.35. The molecule has 0 aliphatic rings. The van der Waals surface area contributed by atoms with Gasteiger partial charge in [0.15, 0.2) is 5.16 Å². The first-order chi connectivity index (χ1) is 14.0. The van der Waals surface area contributed by atoms with Crippen molar-refractivity contribution < 1.29 is 9.18 Å². The zero-order valence-electron chi connectivity index (χ0n) is 15.5. The molecule has 5 nitrogen and oxygen atoms in total. The summed E-state index contributed by atoms with van der Waals surface area (Å²) in [6.45, 7) is 1.70. The van der Waals surface area contributed by atoms with Gasteiger partial charge in [-0.1, -0.05) is 30.0 Å². The van der Waals surface area contributed by atoms with Crippen LogP contribution in [0, 0.1) is 5.82 Å². The summed E-state index contributed by atoms with van der Waals surface area (Å²) in [5.74, 6) is -0.857. The molecule has 0 aliphatic carbocycles. The Morgan fingerprint density at radius 2 is 2.03 bits per heavy atom. The number of carbonyl (C=O) groups excluding carboxylic acids is 1. The Balaban J connectivity index is 1.61. The average molecular weight is 446 g/mol. The number of anilines is 1. The van der Waals surface area contributed by atoms with Crippen molar-refractivity contribution in [1.82, 2.24) is 9.55 Å². The van der Waals surface area contributed by atoms with Crippen LogP contribution < -0.4 is 10.9 Å². The van der Waals surface area contributed by atoms with E-state index in [0.29, 0.717) is 15.4 Å². The summed E-state index contributed by atoms with van der Waals surface area (Å²) in [6, 6.07) is 9.92. The number of benzene rings is 1. The number of aromatic nitrogens is 2. The Labute approximate surface area is 178 Å². The largest absolute Gasteiger partial charge is 0.323 e. The van der Waals surface area contributed by atoms with Gasteiger partial charge in [0.2, 0.25) is 5.91 Å². The van der Waals surface area contributed by atoms with Crippen LogP contribution in [-0.2, 0) is 11.8 Å². The van der Waals surface area contributed by atoms with E-state index in [2.05, 4.69) is 10.3 Å². The smallest absolute Gasteiger partial charge is 0.263 e. The van der Waals surface area contributed by atoms with E-state index in [1.165, 1.54) is 39.8 Å². The number of hydrogen-bond acceptors (Lipinski definition) is 6. The standard InChI is InChI=1S/C20H16FN3O2S3/c1-11(17(25)22-14-7-4-3-6-13(14)21)29-20-23-18-16(19(26)24(20)2)12(10-28-18)15-8-5-9-27-15/h3-11H,1-2H3,(H,22,25). The fourth-order valence-electron chi connectivity index (χ4n) is 2.78. The van der Waals surface area contributed by atoms with Crippen molar-refractivity contribution in [2.45, 2.75) is 17.3 Å². The zero-order valence-corrected chi connectivity index (χ0v) is 18.0. The second-order valence-corrected chi connectivity index (χ2v) is 9.41. The number of para-hydroxylation sites is 1. The van der Waals surface area contributed by atoms with Crippen LogP contribution in [0.5, 0.6) is 0 Å². The molecule has 4 rings (SSSR count). The van der Waals surface area contributed by atoms with Crippen LogP contribution in [0.3, 0.4) is 0 Å². The van der Waals surface area contributed by atoms with E-state index < -0.39 is 11.1 Å². The molecular weight excluding hydrogens is 429 g/mol. The van der Waals surface area contributed by atoms with Crippen LogP contribution >= 0.6 is 34.4 Å². The van der Waals surface area contributed by atoms with Gasteiger partial charge in [-0.3, -0.25) is 14.2 Å². The molecule has 4 aromatic rings. The van der Waals surface area contributed by atoms with Crippen molar-refractivity contribution in [3.63, 3.8) is 0 Å². The molecule has 0 radical (unpaired) electrons. The van der Waals surface area contributed by atoms with Crippen molar-refractivity contribution in [3.05, 3.63) is 63.3 Å². The van der Waals surface area contributed by atoms with Gasteiger partial charge >= 0.3 is 0 Å². The van der Waals surface area contributed by atoms with Crippen LogP contribution in [0.1, 0.15) is 6.92 Å². The minimum absolute atomic E-state index is 0.126. The van der Waals surface area contributed by atoms with Gasteiger partial charge in [-0.2, -0.15) is 0 Å². The lowest BCUT2D eigenvalue weighted by molar-refractivity contribution is -0.115. The van der Waals surface area contributed by atoms with E-state index in [-0.39, 0.29) is 17.2 Å². The number of rotatable bonds is 5. The molecule has 0 spiro atoms. The van der Waals surface area contributed by atoms with Crippen molar-refractivity contribution >= 4 is 56.2 Å². The van der Waals surface area contributed by atoms with E-state index in [4.69, 9.17) is 0 Å². The summed E-state index contributed by atoms with van der Waals surface area (Å²) >= 11 is 4.15. The number of halogens is 1. The van der Waals surface area contributed by atoms with Crippen LogP contribution in [-0.4, -0.2) is 20.7 Å². The molecule has 29 heavy (non-hydrogen) atoms. The highest BCUT2D eigenvalue weighted by Gasteiger charge is 2.21. The van der Waals surface area contributed by atoms with Gasteiger partial charge in [-0.25, -0.2) is 9.37 Å². The highest BCUT2D eigenvalue weighted by atomic mass is 32.2. The van der Waals surface area contributed by atoms with Gasteiger partial charge in [-0.05, 0) is 30.5 Å². The maximum Gasteiger partial charge on any atom is 0.263 e. The van der Waals surface area contributed by atoms with E-state index in [1.807, 2.05) is 22.9 Å². The third-order valence-electron chi connectivity index (χ3n) is 4.34. The molecule has 0 saturated carbocycles. The minimum Gasteiger partial charge on any atom is -0.323 e. The van der Waals surface area contributed by atoms with Gasteiger partial charge in [0.05, 0.1) is 16.3 Å². The lowest BCUT2D eigenvalue weighted by atomic mass is 10.2. The van der Waals surface area contributed by atoms with Crippen molar-refractivity contribution in [2.24, 2.45) is 7.05 Å². The van der Waals surface area contributed by atoms with Gasteiger partial charge in [0.25, 0.3) is 5.56 Å². The molecule has 148 valence electrons. The second-order valence-electron chi connectivity index (χ2n) is 6.29. The lowest BCUT2D eigenvalue weighted by Gasteiger charge is -2.14. The molecule has 1 unspecified atom stereocenters. The molecule has 0 saturated heterocycles. The number of thiophene rings is 2.